The van der Waals surface area contributed by atoms with Gasteiger partial charge < -0.3 is 14.6 Å². The maximum Gasteiger partial charge on any atom is 0.348 e. The molecule has 2 aromatic carbocycles. The van der Waals surface area contributed by atoms with Crippen molar-refractivity contribution in [3.63, 3.8) is 0 Å². The molecule has 2 amide bonds. The molecular weight excluding hydrogens is 376 g/mol. The van der Waals surface area contributed by atoms with Crippen molar-refractivity contribution in [2.24, 2.45) is 4.99 Å². The maximum atomic E-state index is 12.4. The Morgan fingerprint density at radius 3 is 2.43 bits per heavy atom. The number of fused-ring (bicyclic) bond motifs is 1. The van der Waals surface area contributed by atoms with E-state index in [2.05, 4.69) is 49.0 Å². The van der Waals surface area contributed by atoms with Crippen LogP contribution in [0.5, 0.6) is 0 Å². The van der Waals surface area contributed by atoms with Crippen molar-refractivity contribution in [1.29, 1.82) is 5.26 Å². The minimum absolute atomic E-state index is 0.00185. The minimum Gasteiger partial charge on any atom is -0.437 e. The zero-order valence-corrected chi connectivity index (χ0v) is 17.8. The summed E-state index contributed by atoms with van der Waals surface area (Å²) in [6.07, 6.45) is 0. The van der Waals surface area contributed by atoms with Crippen LogP contribution in [-0.4, -0.2) is 19.1 Å². The van der Waals surface area contributed by atoms with Crippen molar-refractivity contribution >= 4 is 28.4 Å². The van der Waals surface area contributed by atoms with Crippen LogP contribution in [0.2, 0.25) is 0 Å². The van der Waals surface area contributed by atoms with Gasteiger partial charge in [-0.05, 0) is 55.7 Å². The third kappa shape index (κ3) is 4.69. The monoisotopic (exact) mass is 402 g/mol. The van der Waals surface area contributed by atoms with E-state index in [0.717, 1.165) is 24.2 Å². The van der Waals surface area contributed by atoms with E-state index in [4.69, 9.17) is 4.42 Å². The maximum absolute atomic E-state index is 12.4. The Morgan fingerprint density at radius 1 is 1.13 bits per heavy atom. The lowest BCUT2D eigenvalue weighted by Crippen LogP contribution is -2.21. The molecule has 30 heavy (non-hydrogen) atoms. The Hall–Kier alpha value is -3.59. The van der Waals surface area contributed by atoms with Gasteiger partial charge in [0.2, 0.25) is 5.55 Å². The largest absolute Gasteiger partial charge is 0.437 e. The second kappa shape index (κ2) is 9.27. The number of urea groups is 1. The van der Waals surface area contributed by atoms with Gasteiger partial charge in [0.1, 0.15) is 17.2 Å². The molecule has 0 saturated heterocycles. The Balaban J connectivity index is 1.95. The van der Waals surface area contributed by atoms with E-state index in [9.17, 15) is 10.1 Å². The fraction of sp³-hybridized carbons (Fsp3) is 0.292. The molecule has 1 aromatic heterocycles. The quantitative estimate of drug-likeness (QED) is 0.619. The van der Waals surface area contributed by atoms with Crippen LogP contribution in [0.1, 0.15) is 44.7 Å². The number of rotatable bonds is 5. The number of nitrogens with one attached hydrogen (secondary N) is 1. The van der Waals surface area contributed by atoms with Gasteiger partial charge in [0.05, 0.1) is 0 Å². The molecule has 3 rings (SSSR count). The normalized spacial score (nSPS) is 11.5. The summed E-state index contributed by atoms with van der Waals surface area (Å²) in [5.41, 5.74) is 3.62. The van der Waals surface area contributed by atoms with Crippen LogP contribution in [0.4, 0.5) is 16.2 Å². The Morgan fingerprint density at radius 2 is 1.83 bits per heavy atom. The molecule has 0 saturated carbocycles. The number of hydrogen-bond donors (Lipinski definition) is 1. The fourth-order valence-electron chi connectivity index (χ4n) is 3.25. The van der Waals surface area contributed by atoms with Crippen molar-refractivity contribution in [2.45, 2.75) is 33.6 Å². The molecule has 6 nitrogen and oxygen atoms in total. The van der Waals surface area contributed by atoms with E-state index in [0.29, 0.717) is 17.2 Å². The second-order valence-corrected chi connectivity index (χ2v) is 7.29. The van der Waals surface area contributed by atoms with Crippen molar-refractivity contribution in [3.05, 3.63) is 65.2 Å². The predicted octanol–water partition coefficient (Wildman–Crippen LogP) is 5.41. The summed E-state index contributed by atoms with van der Waals surface area (Å²) in [5.74, 6) is 0.412. The first-order valence-corrected chi connectivity index (χ1v) is 10.1. The molecule has 6 heteroatoms. The average Bonchev–Trinajstić information content (AvgIpc) is 2.74. The van der Waals surface area contributed by atoms with Crippen LogP contribution >= 0.6 is 0 Å². The molecular formula is C24H26N4O2. The number of anilines is 2. The van der Waals surface area contributed by atoms with E-state index >= 15 is 0 Å². The zero-order valence-electron chi connectivity index (χ0n) is 17.8. The predicted molar refractivity (Wildman–Crippen MR) is 120 cm³/mol. The van der Waals surface area contributed by atoms with Crippen LogP contribution in [0.25, 0.3) is 11.0 Å². The summed E-state index contributed by atoms with van der Waals surface area (Å²) in [6, 6.07) is 16.6. The first-order chi connectivity index (χ1) is 14.4. The van der Waals surface area contributed by atoms with Gasteiger partial charge in [-0.25, -0.2) is 4.79 Å². The van der Waals surface area contributed by atoms with Gasteiger partial charge in [-0.15, -0.1) is 0 Å². The Labute approximate surface area is 176 Å². The van der Waals surface area contributed by atoms with E-state index in [1.165, 1.54) is 5.56 Å². The summed E-state index contributed by atoms with van der Waals surface area (Å²) < 4.78 is 5.85. The molecule has 0 aliphatic carbocycles. The molecule has 1 N–H and O–H groups in total. The Kier molecular flexibility index (Phi) is 6.53. The highest BCUT2D eigenvalue weighted by Gasteiger charge is 2.09. The van der Waals surface area contributed by atoms with Gasteiger partial charge in [-0.1, -0.05) is 26.0 Å². The average molecular weight is 402 g/mol. The standard InChI is InChI=1S/C24H26N4O2/c1-5-28(6-2)21-12-9-18-13-19(15-25)23(30-22(18)14-21)27-24(29)26-20-10-7-17(8-11-20)16(3)4/h7-14,16H,5-6H2,1-4H3,(H,26,29)/b27-23+. The van der Waals surface area contributed by atoms with E-state index in [1.807, 2.05) is 42.5 Å². The van der Waals surface area contributed by atoms with Crippen molar-refractivity contribution in [2.75, 3.05) is 23.3 Å². The van der Waals surface area contributed by atoms with Crippen LogP contribution < -0.4 is 15.8 Å². The lowest BCUT2D eigenvalue weighted by Gasteiger charge is -2.21. The summed E-state index contributed by atoms with van der Waals surface area (Å²) in [6.45, 7) is 10.1. The summed E-state index contributed by atoms with van der Waals surface area (Å²) in [7, 11) is 0. The number of benzene rings is 2. The molecule has 0 spiro atoms. The molecule has 0 fully saturated rings. The first-order valence-electron chi connectivity index (χ1n) is 10.1. The van der Waals surface area contributed by atoms with Crippen molar-refractivity contribution in [1.82, 2.24) is 0 Å². The van der Waals surface area contributed by atoms with Gasteiger partial charge in [-0.3, -0.25) is 0 Å². The number of carbonyl (C=O) groups excluding carboxylic acids is 1. The second-order valence-electron chi connectivity index (χ2n) is 7.29. The van der Waals surface area contributed by atoms with Gasteiger partial charge in [0.25, 0.3) is 0 Å². The van der Waals surface area contributed by atoms with Gasteiger partial charge >= 0.3 is 6.03 Å². The highest BCUT2D eigenvalue weighted by Crippen LogP contribution is 2.22. The molecule has 0 atom stereocenters. The number of carbonyl (C=O) groups is 1. The lowest BCUT2D eigenvalue weighted by atomic mass is 10.0. The molecule has 1 heterocycles. The van der Waals surface area contributed by atoms with E-state index in [1.54, 1.807) is 6.07 Å². The molecule has 0 bridgehead atoms. The smallest absolute Gasteiger partial charge is 0.348 e. The Bertz CT molecular complexity index is 1150. The van der Waals surface area contributed by atoms with Gasteiger partial charge in [0, 0.05) is 35.9 Å². The lowest BCUT2D eigenvalue weighted by molar-refractivity contribution is 0.258. The zero-order chi connectivity index (χ0) is 21.7. The highest BCUT2D eigenvalue weighted by atomic mass is 16.3. The highest BCUT2D eigenvalue weighted by molar-refractivity contribution is 5.90. The summed E-state index contributed by atoms with van der Waals surface area (Å²) in [5, 5.41) is 13.0. The molecule has 154 valence electrons. The number of hydrogen-bond acceptors (Lipinski definition) is 4. The minimum atomic E-state index is -0.591. The third-order valence-corrected chi connectivity index (χ3v) is 5.01. The third-order valence-electron chi connectivity index (χ3n) is 5.01. The van der Waals surface area contributed by atoms with Crippen LogP contribution in [-0.2, 0) is 0 Å². The molecule has 0 radical (unpaired) electrons. The van der Waals surface area contributed by atoms with Crippen LogP contribution in [0.3, 0.4) is 0 Å². The van der Waals surface area contributed by atoms with Crippen molar-refractivity contribution < 1.29 is 9.21 Å². The number of amides is 2. The van der Waals surface area contributed by atoms with E-state index < -0.39 is 6.03 Å². The number of nitrogens with zero attached hydrogens (tertiary/aromatic N) is 3. The summed E-state index contributed by atoms with van der Waals surface area (Å²) >= 11 is 0. The molecule has 0 unspecified atom stereocenters. The summed E-state index contributed by atoms with van der Waals surface area (Å²) in [4.78, 5) is 18.6. The van der Waals surface area contributed by atoms with E-state index in [-0.39, 0.29) is 11.1 Å². The molecule has 3 aromatic rings. The molecule has 0 aliphatic heterocycles. The van der Waals surface area contributed by atoms with Gasteiger partial charge in [0.15, 0.2) is 0 Å². The van der Waals surface area contributed by atoms with Gasteiger partial charge in [-0.2, -0.15) is 10.3 Å². The fourth-order valence-corrected chi connectivity index (χ4v) is 3.25. The first kappa shape index (κ1) is 21.1. The van der Waals surface area contributed by atoms with Crippen molar-refractivity contribution in [3.8, 4) is 6.07 Å². The van der Waals surface area contributed by atoms with Crippen LogP contribution in [0, 0.1) is 11.3 Å². The topological polar surface area (TPSA) is 81.6 Å². The van der Waals surface area contributed by atoms with Crippen LogP contribution in [0.15, 0.2) is 57.9 Å². The number of nitriles is 1. The SMILES string of the molecule is CCN(CC)c1ccc2cc(C#N)/c(=N\C(=O)Nc3ccc(C(C)C)cc3)oc2c1. The molecule has 0 aliphatic rings.